The van der Waals surface area contributed by atoms with Crippen molar-refractivity contribution in [2.45, 2.75) is 38.6 Å². The number of carbonyl (C=O) groups excluding carboxylic acids is 1. The molecule has 1 atom stereocenters. The molecule has 1 aromatic rings. The van der Waals surface area contributed by atoms with E-state index >= 15 is 0 Å². The van der Waals surface area contributed by atoms with Gasteiger partial charge in [0.2, 0.25) is 5.91 Å². The van der Waals surface area contributed by atoms with Crippen LogP contribution in [0.5, 0.6) is 0 Å². The Kier molecular flexibility index (Phi) is 5.98. The Morgan fingerprint density at radius 1 is 1.32 bits per heavy atom. The summed E-state index contributed by atoms with van der Waals surface area (Å²) in [4.78, 5) is 14.8. The number of nitrogens with one attached hydrogen (secondary N) is 1. The fraction of sp³-hybridized carbons (Fsp3) is 0.611. The average molecular weight is 303 g/mol. The highest BCUT2D eigenvalue weighted by Gasteiger charge is 2.29. The van der Waals surface area contributed by atoms with Crippen LogP contribution in [0.1, 0.15) is 38.7 Å². The summed E-state index contributed by atoms with van der Waals surface area (Å²) in [5.74, 6) is 0.755. The molecule has 1 aliphatic rings. The molecule has 0 aromatic heterocycles. The van der Waals surface area contributed by atoms with Crippen LogP contribution < -0.4 is 11.1 Å². The number of nitrogens with zero attached hydrogens (tertiary/aromatic N) is 1. The highest BCUT2D eigenvalue weighted by Crippen LogP contribution is 2.18. The zero-order valence-electron chi connectivity index (χ0n) is 13.8. The lowest BCUT2D eigenvalue weighted by atomic mass is 9.92. The van der Waals surface area contributed by atoms with E-state index in [2.05, 4.69) is 17.1 Å². The second-order valence-electron chi connectivity index (χ2n) is 6.70. The van der Waals surface area contributed by atoms with Crippen molar-refractivity contribution in [3.8, 4) is 0 Å². The van der Waals surface area contributed by atoms with Crippen LogP contribution in [0, 0.1) is 5.92 Å². The standard InChI is InChI=1S/C18H29N3O/c1-15-9-13-21(14-10-15)12-6-11-20-17(22)18(2,19)16-7-4-3-5-8-16/h3-5,7-8,15H,6,9-14,19H2,1-2H3,(H,20,22). The molecule has 22 heavy (non-hydrogen) atoms. The lowest BCUT2D eigenvalue weighted by Crippen LogP contribution is -2.49. The monoisotopic (exact) mass is 303 g/mol. The number of rotatable bonds is 6. The van der Waals surface area contributed by atoms with E-state index < -0.39 is 5.54 Å². The van der Waals surface area contributed by atoms with Crippen LogP contribution in [0.15, 0.2) is 30.3 Å². The third-order valence-corrected chi connectivity index (χ3v) is 4.66. The highest BCUT2D eigenvalue weighted by molar-refractivity contribution is 5.86. The van der Waals surface area contributed by atoms with E-state index in [-0.39, 0.29) is 5.91 Å². The van der Waals surface area contributed by atoms with Crippen molar-refractivity contribution in [1.29, 1.82) is 0 Å². The normalized spacial score (nSPS) is 19.6. The van der Waals surface area contributed by atoms with E-state index in [1.165, 1.54) is 25.9 Å². The highest BCUT2D eigenvalue weighted by atomic mass is 16.2. The molecule has 122 valence electrons. The lowest BCUT2D eigenvalue weighted by Gasteiger charge is -2.30. The van der Waals surface area contributed by atoms with Gasteiger partial charge in [-0.15, -0.1) is 0 Å². The second kappa shape index (κ2) is 7.75. The summed E-state index contributed by atoms with van der Waals surface area (Å²) in [7, 11) is 0. The number of likely N-dealkylation sites (tertiary alicyclic amines) is 1. The molecule has 1 saturated heterocycles. The predicted molar refractivity (Wildman–Crippen MR) is 90.4 cm³/mol. The Morgan fingerprint density at radius 2 is 1.95 bits per heavy atom. The molecular weight excluding hydrogens is 274 g/mol. The first-order chi connectivity index (χ1) is 10.5. The van der Waals surface area contributed by atoms with Crippen LogP contribution in [0.2, 0.25) is 0 Å². The van der Waals surface area contributed by atoms with E-state index in [1.807, 2.05) is 30.3 Å². The largest absolute Gasteiger partial charge is 0.354 e. The summed E-state index contributed by atoms with van der Waals surface area (Å²) < 4.78 is 0. The average Bonchev–Trinajstić information content (AvgIpc) is 2.54. The first-order valence-electron chi connectivity index (χ1n) is 8.35. The molecule has 0 spiro atoms. The molecule has 0 radical (unpaired) electrons. The van der Waals surface area contributed by atoms with Crippen molar-refractivity contribution in [2.24, 2.45) is 11.7 Å². The lowest BCUT2D eigenvalue weighted by molar-refractivity contribution is -0.126. The number of benzene rings is 1. The van der Waals surface area contributed by atoms with Crippen molar-refractivity contribution < 1.29 is 4.79 Å². The zero-order valence-corrected chi connectivity index (χ0v) is 13.8. The molecule has 0 aliphatic carbocycles. The number of hydrogen-bond acceptors (Lipinski definition) is 3. The van der Waals surface area contributed by atoms with E-state index in [4.69, 9.17) is 5.73 Å². The van der Waals surface area contributed by atoms with E-state index in [0.29, 0.717) is 6.54 Å². The maximum atomic E-state index is 12.3. The van der Waals surface area contributed by atoms with Crippen LogP contribution in [0.25, 0.3) is 0 Å². The molecule has 0 saturated carbocycles. The van der Waals surface area contributed by atoms with Crippen LogP contribution in [-0.2, 0) is 10.3 Å². The molecule has 4 heteroatoms. The van der Waals surface area contributed by atoms with Gasteiger partial charge in [-0.1, -0.05) is 37.3 Å². The topological polar surface area (TPSA) is 58.4 Å². The Hall–Kier alpha value is -1.39. The minimum atomic E-state index is -0.970. The van der Waals surface area contributed by atoms with Gasteiger partial charge in [0.25, 0.3) is 0 Å². The molecular formula is C18H29N3O. The van der Waals surface area contributed by atoms with Crippen molar-refractivity contribution in [3.63, 3.8) is 0 Å². The van der Waals surface area contributed by atoms with Crippen LogP contribution in [0.4, 0.5) is 0 Å². The van der Waals surface area contributed by atoms with Crippen LogP contribution in [-0.4, -0.2) is 37.0 Å². The molecule has 1 unspecified atom stereocenters. The van der Waals surface area contributed by atoms with E-state index in [1.54, 1.807) is 6.92 Å². The Bertz CT molecular complexity index is 464. The fourth-order valence-corrected chi connectivity index (χ4v) is 2.89. The number of amides is 1. The van der Waals surface area contributed by atoms with Crippen molar-refractivity contribution in [1.82, 2.24) is 10.2 Å². The number of carbonyl (C=O) groups is 1. The molecule has 2 rings (SSSR count). The van der Waals surface area contributed by atoms with Gasteiger partial charge in [0, 0.05) is 6.54 Å². The maximum absolute atomic E-state index is 12.3. The van der Waals surface area contributed by atoms with Gasteiger partial charge >= 0.3 is 0 Å². The van der Waals surface area contributed by atoms with Gasteiger partial charge < -0.3 is 16.0 Å². The molecule has 1 fully saturated rings. The van der Waals surface area contributed by atoms with E-state index in [9.17, 15) is 4.79 Å². The van der Waals surface area contributed by atoms with Crippen LogP contribution in [0.3, 0.4) is 0 Å². The summed E-state index contributed by atoms with van der Waals surface area (Å²) in [6, 6.07) is 9.54. The first kappa shape index (κ1) is 17.0. The summed E-state index contributed by atoms with van der Waals surface area (Å²) in [6.45, 7) is 8.21. The first-order valence-corrected chi connectivity index (χ1v) is 8.35. The quantitative estimate of drug-likeness (QED) is 0.791. The van der Waals surface area contributed by atoms with E-state index in [0.717, 1.165) is 24.4 Å². The van der Waals surface area contributed by atoms with Gasteiger partial charge in [-0.05, 0) is 57.3 Å². The molecule has 0 bridgehead atoms. The van der Waals surface area contributed by atoms with Crippen molar-refractivity contribution in [2.75, 3.05) is 26.2 Å². The summed E-state index contributed by atoms with van der Waals surface area (Å²) in [5.41, 5.74) is 6.07. The zero-order chi connectivity index (χ0) is 16.0. The number of hydrogen-bond donors (Lipinski definition) is 2. The Morgan fingerprint density at radius 3 is 2.59 bits per heavy atom. The maximum Gasteiger partial charge on any atom is 0.244 e. The molecule has 4 nitrogen and oxygen atoms in total. The summed E-state index contributed by atoms with van der Waals surface area (Å²) in [6.07, 6.45) is 3.56. The molecule has 1 heterocycles. The minimum absolute atomic E-state index is 0.106. The van der Waals surface area contributed by atoms with Gasteiger partial charge in [-0.2, -0.15) is 0 Å². The van der Waals surface area contributed by atoms with Gasteiger partial charge in [0.15, 0.2) is 0 Å². The van der Waals surface area contributed by atoms with Crippen LogP contribution >= 0.6 is 0 Å². The fourth-order valence-electron chi connectivity index (χ4n) is 2.89. The smallest absolute Gasteiger partial charge is 0.244 e. The Balaban J connectivity index is 1.71. The predicted octanol–water partition coefficient (Wildman–Crippen LogP) is 2.10. The summed E-state index contributed by atoms with van der Waals surface area (Å²) >= 11 is 0. The molecule has 1 aliphatic heterocycles. The molecule has 3 N–H and O–H groups in total. The van der Waals surface area contributed by atoms with Crippen molar-refractivity contribution >= 4 is 5.91 Å². The van der Waals surface area contributed by atoms with Gasteiger partial charge in [0.1, 0.15) is 5.54 Å². The summed E-state index contributed by atoms with van der Waals surface area (Å²) in [5, 5.41) is 2.98. The third kappa shape index (κ3) is 4.55. The van der Waals surface area contributed by atoms with Gasteiger partial charge in [-0.25, -0.2) is 0 Å². The number of nitrogens with two attached hydrogens (primary N) is 1. The Labute approximate surface area is 134 Å². The molecule has 1 aromatic carbocycles. The van der Waals surface area contributed by atoms with Gasteiger partial charge in [-0.3, -0.25) is 4.79 Å². The van der Waals surface area contributed by atoms with Crippen molar-refractivity contribution in [3.05, 3.63) is 35.9 Å². The second-order valence-corrected chi connectivity index (χ2v) is 6.70. The van der Waals surface area contributed by atoms with Gasteiger partial charge in [0.05, 0.1) is 0 Å². The third-order valence-electron chi connectivity index (χ3n) is 4.66. The minimum Gasteiger partial charge on any atom is -0.354 e. The molecule has 1 amide bonds. The SMILES string of the molecule is CC1CCN(CCCNC(=O)C(C)(N)c2ccccc2)CC1. The number of piperidine rings is 1.